The van der Waals surface area contributed by atoms with E-state index in [9.17, 15) is 9.18 Å². The highest BCUT2D eigenvalue weighted by Crippen LogP contribution is 2.26. The number of nitrogens with zero attached hydrogens (tertiary/aromatic N) is 2. The van der Waals surface area contributed by atoms with Crippen molar-refractivity contribution in [3.63, 3.8) is 0 Å². The number of aryl methyl sites for hydroxylation is 1. The maximum atomic E-state index is 13.8. The Kier molecular flexibility index (Phi) is 6.34. The van der Waals surface area contributed by atoms with Crippen molar-refractivity contribution in [1.29, 1.82) is 0 Å². The summed E-state index contributed by atoms with van der Waals surface area (Å²) in [6.07, 6.45) is 0. The van der Waals surface area contributed by atoms with Gasteiger partial charge >= 0.3 is 0 Å². The Balaban J connectivity index is 3.21. The van der Waals surface area contributed by atoms with E-state index in [2.05, 4.69) is 23.6 Å². The number of carbonyl (C=O) groups is 1. The summed E-state index contributed by atoms with van der Waals surface area (Å²) in [6, 6.07) is 3.17. The predicted octanol–water partition coefficient (Wildman–Crippen LogP) is 3.36. The molecule has 0 bridgehead atoms. The number of ketones is 1. The lowest BCUT2D eigenvalue weighted by Gasteiger charge is -2.30. The smallest absolute Gasteiger partial charge is 0.161 e. The van der Waals surface area contributed by atoms with Gasteiger partial charge in [-0.2, -0.15) is 0 Å². The number of hydrogen-bond donors (Lipinski definition) is 0. The van der Waals surface area contributed by atoms with Crippen LogP contribution >= 0.6 is 0 Å². The van der Waals surface area contributed by atoms with Crippen LogP contribution < -0.4 is 4.90 Å². The number of halogens is 1. The lowest BCUT2D eigenvalue weighted by atomic mass is 10.0. The van der Waals surface area contributed by atoms with Gasteiger partial charge < -0.3 is 9.80 Å². The summed E-state index contributed by atoms with van der Waals surface area (Å²) in [5.74, 6) is 0.0564. The minimum absolute atomic E-state index is 0.0949. The van der Waals surface area contributed by atoms with Crippen molar-refractivity contribution in [2.24, 2.45) is 5.92 Å². The lowest BCUT2D eigenvalue weighted by molar-refractivity contribution is 0.101. The Morgan fingerprint density at radius 2 is 1.86 bits per heavy atom. The van der Waals surface area contributed by atoms with Crippen molar-refractivity contribution in [2.75, 3.05) is 38.6 Å². The molecule has 3 nitrogen and oxygen atoms in total. The van der Waals surface area contributed by atoms with Gasteiger partial charge in [0.25, 0.3) is 0 Å². The maximum Gasteiger partial charge on any atom is 0.161 e. The Hall–Kier alpha value is -1.42. The first kappa shape index (κ1) is 17.6. The monoisotopic (exact) mass is 294 g/mol. The molecule has 0 fully saturated rings. The molecule has 0 saturated carbocycles. The van der Waals surface area contributed by atoms with Gasteiger partial charge in [0.15, 0.2) is 5.78 Å². The molecule has 0 saturated heterocycles. The number of benzene rings is 1. The van der Waals surface area contributed by atoms with E-state index in [1.54, 1.807) is 13.0 Å². The standard InChI is InChI=1S/C17H27FN2O/c1-12(2)11-20(8-7-19(5)6)17-9-13(3)16(18)10-15(17)14(4)21/h9-10,12H,7-8,11H2,1-6H3. The fourth-order valence-electron chi connectivity index (χ4n) is 2.28. The molecule has 118 valence electrons. The average molecular weight is 294 g/mol. The Bertz CT molecular complexity index is 498. The number of anilines is 1. The first-order chi connectivity index (χ1) is 9.72. The highest BCUT2D eigenvalue weighted by molar-refractivity contribution is 6.00. The molecule has 0 aliphatic carbocycles. The molecular weight excluding hydrogens is 267 g/mol. The first-order valence-electron chi connectivity index (χ1n) is 7.43. The van der Waals surface area contributed by atoms with Crippen LogP contribution in [0, 0.1) is 18.7 Å². The zero-order valence-electron chi connectivity index (χ0n) is 14.0. The molecule has 4 heteroatoms. The van der Waals surface area contributed by atoms with Crippen LogP contribution in [0.1, 0.15) is 36.7 Å². The van der Waals surface area contributed by atoms with Gasteiger partial charge in [-0.25, -0.2) is 4.39 Å². The number of carbonyl (C=O) groups excluding carboxylic acids is 1. The van der Waals surface area contributed by atoms with Crippen LogP contribution in [-0.4, -0.2) is 44.4 Å². The van der Waals surface area contributed by atoms with E-state index in [0.717, 1.165) is 25.3 Å². The third-order valence-electron chi connectivity index (χ3n) is 3.40. The van der Waals surface area contributed by atoms with Crippen molar-refractivity contribution >= 4 is 11.5 Å². The first-order valence-corrected chi connectivity index (χ1v) is 7.43. The van der Waals surface area contributed by atoms with Crippen molar-refractivity contribution in [2.45, 2.75) is 27.7 Å². The van der Waals surface area contributed by atoms with Crippen LogP contribution in [0.15, 0.2) is 12.1 Å². The molecule has 0 spiro atoms. The second-order valence-corrected chi connectivity index (χ2v) is 6.32. The summed E-state index contributed by atoms with van der Waals surface area (Å²) < 4.78 is 13.8. The van der Waals surface area contributed by atoms with E-state index in [-0.39, 0.29) is 11.6 Å². The second-order valence-electron chi connectivity index (χ2n) is 6.32. The van der Waals surface area contributed by atoms with E-state index in [0.29, 0.717) is 17.0 Å². The van der Waals surface area contributed by atoms with Crippen molar-refractivity contribution in [3.05, 3.63) is 29.1 Å². The predicted molar refractivity (Wildman–Crippen MR) is 86.7 cm³/mol. The van der Waals surface area contributed by atoms with Gasteiger partial charge in [0, 0.05) is 30.9 Å². The molecule has 0 radical (unpaired) electrons. The molecule has 0 heterocycles. The van der Waals surface area contributed by atoms with Gasteiger partial charge in [-0.3, -0.25) is 4.79 Å². The van der Waals surface area contributed by atoms with E-state index in [4.69, 9.17) is 0 Å². The second kappa shape index (κ2) is 7.55. The van der Waals surface area contributed by atoms with E-state index in [1.165, 1.54) is 13.0 Å². The van der Waals surface area contributed by atoms with Crippen LogP contribution in [0.3, 0.4) is 0 Å². The Morgan fingerprint density at radius 1 is 1.24 bits per heavy atom. The highest BCUT2D eigenvalue weighted by Gasteiger charge is 2.18. The third-order valence-corrected chi connectivity index (χ3v) is 3.40. The van der Waals surface area contributed by atoms with Crippen LogP contribution in [0.2, 0.25) is 0 Å². The summed E-state index contributed by atoms with van der Waals surface area (Å²) in [5.41, 5.74) is 1.89. The minimum atomic E-state index is -0.318. The lowest BCUT2D eigenvalue weighted by Crippen LogP contribution is -2.35. The summed E-state index contributed by atoms with van der Waals surface area (Å²) >= 11 is 0. The van der Waals surface area contributed by atoms with Crippen molar-refractivity contribution in [3.8, 4) is 0 Å². The molecule has 1 rings (SSSR count). The molecule has 0 aliphatic heterocycles. The van der Waals surface area contributed by atoms with E-state index < -0.39 is 0 Å². The number of hydrogen-bond acceptors (Lipinski definition) is 3. The molecular formula is C17H27FN2O. The van der Waals surface area contributed by atoms with Crippen LogP contribution in [0.4, 0.5) is 10.1 Å². The maximum absolute atomic E-state index is 13.8. The van der Waals surface area contributed by atoms with Crippen LogP contribution in [-0.2, 0) is 0 Å². The molecule has 0 N–H and O–H groups in total. The summed E-state index contributed by atoms with van der Waals surface area (Å²) in [5, 5.41) is 0. The van der Waals surface area contributed by atoms with Gasteiger partial charge in [-0.15, -0.1) is 0 Å². The fraction of sp³-hybridized carbons (Fsp3) is 0.588. The molecule has 0 aliphatic rings. The summed E-state index contributed by atoms with van der Waals surface area (Å²) in [7, 11) is 4.05. The van der Waals surface area contributed by atoms with Crippen LogP contribution in [0.5, 0.6) is 0 Å². The van der Waals surface area contributed by atoms with Gasteiger partial charge in [-0.05, 0) is 51.6 Å². The normalized spacial score (nSPS) is 11.3. The van der Waals surface area contributed by atoms with Gasteiger partial charge in [0.1, 0.15) is 5.82 Å². The van der Waals surface area contributed by atoms with E-state index in [1.807, 2.05) is 14.1 Å². The van der Waals surface area contributed by atoms with Gasteiger partial charge in [0.2, 0.25) is 0 Å². The Morgan fingerprint density at radius 3 is 2.33 bits per heavy atom. The molecule has 1 aromatic rings. The zero-order valence-corrected chi connectivity index (χ0v) is 14.0. The van der Waals surface area contributed by atoms with Crippen LogP contribution in [0.25, 0.3) is 0 Å². The topological polar surface area (TPSA) is 23.6 Å². The largest absolute Gasteiger partial charge is 0.369 e. The quantitative estimate of drug-likeness (QED) is 0.720. The fourth-order valence-corrected chi connectivity index (χ4v) is 2.28. The Labute approximate surface area is 127 Å². The van der Waals surface area contributed by atoms with Gasteiger partial charge in [-0.1, -0.05) is 13.8 Å². The van der Waals surface area contributed by atoms with Gasteiger partial charge in [0.05, 0.1) is 0 Å². The molecule has 1 aromatic carbocycles. The molecule has 0 aromatic heterocycles. The number of likely N-dealkylation sites (N-methyl/N-ethyl adjacent to an activating group) is 1. The third kappa shape index (κ3) is 5.12. The SMILES string of the molecule is CC(=O)c1cc(F)c(C)cc1N(CCN(C)C)CC(C)C. The molecule has 21 heavy (non-hydrogen) atoms. The summed E-state index contributed by atoms with van der Waals surface area (Å²) in [6.45, 7) is 10.1. The van der Waals surface area contributed by atoms with Crippen molar-refractivity contribution in [1.82, 2.24) is 4.90 Å². The molecule has 0 unspecified atom stereocenters. The minimum Gasteiger partial charge on any atom is -0.369 e. The summed E-state index contributed by atoms with van der Waals surface area (Å²) in [4.78, 5) is 16.2. The number of Topliss-reactive ketones (excluding diaryl/α,β-unsaturated/α-hetero) is 1. The average Bonchev–Trinajstić information content (AvgIpc) is 2.36. The van der Waals surface area contributed by atoms with E-state index >= 15 is 0 Å². The van der Waals surface area contributed by atoms with Crippen molar-refractivity contribution < 1.29 is 9.18 Å². The number of rotatable bonds is 7. The molecule has 0 amide bonds. The molecule has 0 atom stereocenters. The highest BCUT2D eigenvalue weighted by atomic mass is 19.1. The zero-order chi connectivity index (χ0) is 16.2.